The molecule has 0 amide bonds. The van der Waals surface area contributed by atoms with E-state index in [1.165, 1.54) is 25.3 Å². The van der Waals surface area contributed by atoms with Gasteiger partial charge in [-0.3, -0.25) is 14.1 Å². The smallest absolute Gasteiger partial charge is 0.420 e. The van der Waals surface area contributed by atoms with Crippen molar-refractivity contribution in [2.24, 2.45) is 0 Å². The highest BCUT2D eigenvalue weighted by Crippen LogP contribution is 2.28. The van der Waals surface area contributed by atoms with Crippen LogP contribution in [0.25, 0.3) is 11.1 Å². The number of esters is 1. The zero-order chi connectivity index (χ0) is 21.9. The number of ether oxygens (including phenoxy) is 2. The molecule has 0 bridgehead atoms. The van der Waals surface area contributed by atoms with Crippen LogP contribution in [0.4, 0.5) is 5.69 Å². The molecule has 0 aliphatic heterocycles. The molecule has 0 spiro atoms. The quantitative estimate of drug-likeness (QED) is 0.542. The summed E-state index contributed by atoms with van der Waals surface area (Å²) in [4.78, 5) is 23.9. The van der Waals surface area contributed by atoms with Crippen LogP contribution in [0.15, 0.2) is 50.5 Å². The van der Waals surface area contributed by atoms with Crippen molar-refractivity contribution >= 4 is 32.8 Å². The van der Waals surface area contributed by atoms with Crippen molar-refractivity contribution < 1.29 is 27.1 Å². The third-order valence-electron chi connectivity index (χ3n) is 4.30. The van der Waals surface area contributed by atoms with Crippen molar-refractivity contribution in [2.75, 3.05) is 18.4 Å². The summed E-state index contributed by atoms with van der Waals surface area (Å²) in [7, 11) is -2.54. The van der Waals surface area contributed by atoms with Crippen LogP contribution < -0.4 is 15.2 Å². The molecular weight excluding hydrogens is 412 g/mol. The number of benzene rings is 2. The first-order valence-corrected chi connectivity index (χ1v) is 10.7. The molecule has 0 radical (unpaired) electrons. The Morgan fingerprint density at radius 3 is 2.67 bits per heavy atom. The van der Waals surface area contributed by atoms with E-state index in [1.54, 1.807) is 18.2 Å². The Morgan fingerprint density at radius 2 is 1.97 bits per heavy atom. The fraction of sp³-hybridized carbons (Fsp3) is 0.300. The second-order valence-electron chi connectivity index (χ2n) is 6.61. The minimum atomic E-state index is -3.99. The maximum atomic E-state index is 12.8. The molecule has 0 aliphatic rings. The number of nitrogens with zero attached hydrogens (tertiary/aromatic N) is 1. The topological polar surface area (TPSA) is 117 Å². The molecule has 3 aromatic rings. The molecule has 0 atom stereocenters. The van der Waals surface area contributed by atoms with Gasteiger partial charge in [-0.2, -0.15) is 0 Å². The van der Waals surface area contributed by atoms with Crippen LogP contribution in [0.3, 0.4) is 0 Å². The Bertz CT molecular complexity index is 1240. The van der Waals surface area contributed by atoms with E-state index in [1.807, 2.05) is 13.8 Å². The summed E-state index contributed by atoms with van der Waals surface area (Å²) in [5, 5.41) is 0. The highest BCUT2D eigenvalue weighted by molar-refractivity contribution is 7.92. The summed E-state index contributed by atoms with van der Waals surface area (Å²) in [6.45, 7) is 3.61. The van der Waals surface area contributed by atoms with Gasteiger partial charge < -0.3 is 13.9 Å². The van der Waals surface area contributed by atoms with E-state index >= 15 is 0 Å². The van der Waals surface area contributed by atoms with E-state index in [2.05, 4.69) is 4.72 Å². The van der Waals surface area contributed by atoms with Gasteiger partial charge in [-0.25, -0.2) is 13.2 Å². The maximum Gasteiger partial charge on any atom is 0.420 e. The normalized spacial score (nSPS) is 11.4. The van der Waals surface area contributed by atoms with Crippen molar-refractivity contribution in [1.29, 1.82) is 0 Å². The standard InChI is InChI=1S/C20H22N2O7S/c1-4-9-28-19(23)12-22-16-7-6-14(11-18(16)29-20(22)24)30(25,26)21-15-10-13(2)5-8-17(15)27-3/h5-8,10-11,21H,4,9,12H2,1-3H3. The van der Waals surface area contributed by atoms with E-state index in [0.717, 1.165) is 10.1 Å². The first kappa shape index (κ1) is 21.4. The van der Waals surface area contributed by atoms with Gasteiger partial charge in [0.15, 0.2) is 5.58 Å². The number of aromatic nitrogens is 1. The van der Waals surface area contributed by atoms with Gasteiger partial charge in [-0.15, -0.1) is 0 Å². The van der Waals surface area contributed by atoms with Gasteiger partial charge in [0.1, 0.15) is 12.3 Å². The highest BCUT2D eigenvalue weighted by atomic mass is 32.2. The van der Waals surface area contributed by atoms with E-state index in [4.69, 9.17) is 13.9 Å². The van der Waals surface area contributed by atoms with Gasteiger partial charge in [-0.1, -0.05) is 13.0 Å². The molecule has 0 saturated heterocycles. The number of carbonyl (C=O) groups is 1. The molecule has 30 heavy (non-hydrogen) atoms. The number of sulfonamides is 1. The third-order valence-corrected chi connectivity index (χ3v) is 5.67. The lowest BCUT2D eigenvalue weighted by molar-refractivity contribution is -0.144. The fourth-order valence-corrected chi connectivity index (χ4v) is 3.94. The summed E-state index contributed by atoms with van der Waals surface area (Å²) in [5.41, 5.74) is 1.47. The Kier molecular flexibility index (Phi) is 6.16. The number of methoxy groups -OCH3 is 1. The second-order valence-corrected chi connectivity index (χ2v) is 8.30. The van der Waals surface area contributed by atoms with Crippen molar-refractivity contribution in [1.82, 2.24) is 4.57 Å². The van der Waals surface area contributed by atoms with Crippen LogP contribution >= 0.6 is 0 Å². The molecule has 3 rings (SSSR count). The molecule has 2 aromatic carbocycles. The molecule has 0 aliphatic carbocycles. The minimum Gasteiger partial charge on any atom is -0.495 e. The lowest BCUT2D eigenvalue weighted by atomic mass is 10.2. The zero-order valence-corrected chi connectivity index (χ0v) is 17.6. The van der Waals surface area contributed by atoms with Gasteiger partial charge in [0, 0.05) is 6.07 Å². The number of fused-ring (bicyclic) bond motifs is 1. The van der Waals surface area contributed by atoms with Crippen LogP contribution in [0.2, 0.25) is 0 Å². The van der Waals surface area contributed by atoms with Gasteiger partial charge in [0.2, 0.25) is 0 Å². The third kappa shape index (κ3) is 4.48. The Labute approximate surface area is 173 Å². The Balaban J connectivity index is 1.93. The molecule has 1 N–H and O–H groups in total. The summed E-state index contributed by atoms with van der Waals surface area (Å²) in [6.07, 6.45) is 0.659. The van der Waals surface area contributed by atoms with Crippen LogP contribution in [0, 0.1) is 6.92 Å². The lowest BCUT2D eigenvalue weighted by Gasteiger charge is -2.12. The number of hydrogen-bond donors (Lipinski definition) is 1. The predicted octanol–water partition coefficient (Wildman–Crippen LogP) is 2.67. The Hall–Kier alpha value is -3.27. The van der Waals surface area contributed by atoms with Crippen LogP contribution in [-0.4, -0.2) is 32.7 Å². The molecule has 0 unspecified atom stereocenters. The molecule has 0 fully saturated rings. The SMILES string of the molecule is CCCOC(=O)Cn1c(=O)oc2cc(S(=O)(=O)Nc3cc(C)ccc3OC)ccc21. The second kappa shape index (κ2) is 8.62. The molecule has 9 nitrogen and oxygen atoms in total. The van der Waals surface area contributed by atoms with Gasteiger partial charge in [-0.05, 0) is 43.2 Å². The average Bonchev–Trinajstić information content (AvgIpc) is 3.00. The van der Waals surface area contributed by atoms with Crippen LogP contribution in [-0.2, 0) is 26.1 Å². The number of nitrogens with one attached hydrogen (secondary N) is 1. The molecule has 1 aromatic heterocycles. The van der Waals surface area contributed by atoms with E-state index in [0.29, 0.717) is 17.7 Å². The largest absolute Gasteiger partial charge is 0.495 e. The predicted molar refractivity (Wildman–Crippen MR) is 110 cm³/mol. The summed E-state index contributed by atoms with van der Waals surface area (Å²) < 4.78 is 44.6. The van der Waals surface area contributed by atoms with Crippen LogP contribution in [0.5, 0.6) is 5.75 Å². The first-order chi connectivity index (χ1) is 14.2. The molecule has 1 heterocycles. The van der Waals surface area contributed by atoms with E-state index in [-0.39, 0.29) is 29.3 Å². The molecule has 160 valence electrons. The van der Waals surface area contributed by atoms with Crippen molar-refractivity contribution in [3.8, 4) is 5.75 Å². The number of aryl methyl sites for hydroxylation is 1. The summed E-state index contributed by atoms with van der Waals surface area (Å²) in [5.74, 6) is -0.985. The molecule has 10 heteroatoms. The van der Waals surface area contributed by atoms with Crippen molar-refractivity contribution in [3.05, 3.63) is 52.5 Å². The number of carbonyl (C=O) groups excluding carboxylic acids is 1. The number of anilines is 1. The summed E-state index contributed by atoms with van der Waals surface area (Å²) in [6, 6.07) is 9.08. The lowest BCUT2D eigenvalue weighted by Crippen LogP contribution is -2.21. The summed E-state index contributed by atoms with van der Waals surface area (Å²) >= 11 is 0. The number of hydrogen-bond acceptors (Lipinski definition) is 7. The molecular formula is C20H22N2O7S. The van der Waals surface area contributed by atoms with Crippen LogP contribution in [0.1, 0.15) is 18.9 Å². The van der Waals surface area contributed by atoms with E-state index < -0.39 is 21.7 Å². The van der Waals surface area contributed by atoms with Gasteiger partial charge in [0.05, 0.1) is 29.8 Å². The van der Waals surface area contributed by atoms with Gasteiger partial charge >= 0.3 is 11.7 Å². The minimum absolute atomic E-state index is 0.0439. The van der Waals surface area contributed by atoms with Crippen molar-refractivity contribution in [3.63, 3.8) is 0 Å². The fourth-order valence-electron chi connectivity index (χ4n) is 2.86. The van der Waals surface area contributed by atoms with E-state index in [9.17, 15) is 18.0 Å². The molecule has 0 saturated carbocycles. The van der Waals surface area contributed by atoms with Gasteiger partial charge in [0.25, 0.3) is 10.0 Å². The maximum absolute atomic E-state index is 12.8. The number of rotatable bonds is 8. The average molecular weight is 434 g/mol. The zero-order valence-electron chi connectivity index (χ0n) is 16.8. The Morgan fingerprint density at radius 1 is 1.20 bits per heavy atom. The monoisotopic (exact) mass is 434 g/mol. The number of oxazole rings is 1. The van der Waals surface area contributed by atoms with Crippen molar-refractivity contribution in [2.45, 2.75) is 31.7 Å². The first-order valence-electron chi connectivity index (χ1n) is 9.21. The highest BCUT2D eigenvalue weighted by Gasteiger charge is 2.20.